The highest BCUT2D eigenvalue weighted by Crippen LogP contribution is 2.32. The number of benzene rings is 2. The van der Waals surface area contributed by atoms with E-state index < -0.39 is 0 Å². The highest BCUT2D eigenvalue weighted by molar-refractivity contribution is 6.19. The normalized spacial score (nSPS) is 11.7. The molecule has 5 heteroatoms. The number of alkyl halides is 1. The van der Waals surface area contributed by atoms with E-state index in [2.05, 4.69) is 14.5 Å². The minimum absolute atomic E-state index is 0.146. The Bertz CT molecular complexity index is 1050. The molecule has 0 spiro atoms. The molecule has 0 saturated heterocycles. The van der Waals surface area contributed by atoms with Crippen LogP contribution in [0.15, 0.2) is 47.5 Å². The number of hydrogen-bond donors (Lipinski definition) is 1. The fraction of sp³-hybridized carbons (Fsp3) is 0.176. The molecule has 4 aromatic rings. The van der Waals surface area contributed by atoms with E-state index in [9.17, 15) is 9.18 Å². The summed E-state index contributed by atoms with van der Waals surface area (Å²) >= 11 is 0. The summed E-state index contributed by atoms with van der Waals surface area (Å²) < 4.78 is 14.7. The van der Waals surface area contributed by atoms with Crippen LogP contribution in [0.25, 0.3) is 32.7 Å². The third-order valence-corrected chi connectivity index (χ3v) is 4.06. The maximum absolute atomic E-state index is 12.6. The van der Waals surface area contributed by atoms with Crippen LogP contribution in [0.3, 0.4) is 0 Å². The predicted molar refractivity (Wildman–Crippen MR) is 86.0 cm³/mol. The number of aryl methyl sites for hydroxylation is 1. The van der Waals surface area contributed by atoms with E-state index >= 15 is 0 Å². The van der Waals surface area contributed by atoms with E-state index in [0.29, 0.717) is 23.9 Å². The molecule has 4 rings (SSSR count). The van der Waals surface area contributed by atoms with Crippen LogP contribution in [-0.2, 0) is 6.54 Å². The zero-order valence-corrected chi connectivity index (χ0v) is 11.8. The molecular weight excluding hydrogens is 281 g/mol. The number of aromatic amines is 1. The number of hydrogen-bond acceptors (Lipinski definition) is 2. The van der Waals surface area contributed by atoms with Crippen molar-refractivity contribution >= 4 is 32.7 Å². The first-order valence-corrected chi connectivity index (χ1v) is 7.24. The topological polar surface area (TPSA) is 50.7 Å². The second-order valence-corrected chi connectivity index (χ2v) is 5.30. The van der Waals surface area contributed by atoms with Gasteiger partial charge in [-0.3, -0.25) is 9.18 Å². The van der Waals surface area contributed by atoms with Gasteiger partial charge in [0.1, 0.15) is 0 Å². The number of para-hydroxylation sites is 1. The van der Waals surface area contributed by atoms with Crippen LogP contribution in [0.4, 0.5) is 4.39 Å². The van der Waals surface area contributed by atoms with E-state index in [1.54, 1.807) is 6.07 Å². The van der Waals surface area contributed by atoms with E-state index in [4.69, 9.17) is 0 Å². The molecule has 1 N–H and O–H groups in total. The van der Waals surface area contributed by atoms with E-state index in [1.165, 1.54) is 6.33 Å². The fourth-order valence-electron chi connectivity index (χ4n) is 3.13. The van der Waals surface area contributed by atoms with Crippen molar-refractivity contribution < 1.29 is 4.39 Å². The summed E-state index contributed by atoms with van der Waals surface area (Å²) in [5.74, 6) is 0. The fourth-order valence-corrected chi connectivity index (χ4v) is 3.13. The quantitative estimate of drug-likeness (QED) is 0.630. The molecule has 0 aliphatic carbocycles. The third-order valence-electron chi connectivity index (χ3n) is 4.06. The zero-order valence-electron chi connectivity index (χ0n) is 11.8. The van der Waals surface area contributed by atoms with E-state index in [1.807, 2.05) is 30.3 Å². The Hall–Kier alpha value is -2.69. The lowest BCUT2D eigenvalue weighted by Crippen LogP contribution is -2.06. The van der Waals surface area contributed by atoms with Gasteiger partial charge in [-0.2, -0.15) is 0 Å². The molecular formula is C17H14FN3O. The zero-order chi connectivity index (χ0) is 15.1. The smallest absolute Gasteiger partial charge is 0.258 e. The summed E-state index contributed by atoms with van der Waals surface area (Å²) in [5, 5.41) is 2.57. The van der Waals surface area contributed by atoms with Crippen molar-refractivity contribution in [3.8, 4) is 0 Å². The van der Waals surface area contributed by atoms with Crippen molar-refractivity contribution in [2.45, 2.75) is 13.0 Å². The van der Waals surface area contributed by atoms with Crippen molar-refractivity contribution in [2.75, 3.05) is 6.67 Å². The van der Waals surface area contributed by atoms with Crippen LogP contribution >= 0.6 is 0 Å². The van der Waals surface area contributed by atoms with Gasteiger partial charge in [-0.1, -0.05) is 18.2 Å². The first kappa shape index (κ1) is 13.0. The molecule has 22 heavy (non-hydrogen) atoms. The molecule has 4 nitrogen and oxygen atoms in total. The highest BCUT2D eigenvalue weighted by atomic mass is 19.1. The SMILES string of the molecule is O=c1[nH]cnc2c1ccc1c2c2ccccc2n1CCCF. The Balaban J connectivity index is 2.21. The van der Waals surface area contributed by atoms with Crippen LogP contribution in [0.2, 0.25) is 0 Å². The Morgan fingerprint density at radius 1 is 1.09 bits per heavy atom. The first-order valence-electron chi connectivity index (χ1n) is 7.24. The van der Waals surface area contributed by atoms with Gasteiger partial charge in [0.2, 0.25) is 0 Å². The van der Waals surface area contributed by atoms with Crippen molar-refractivity contribution in [1.29, 1.82) is 0 Å². The summed E-state index contributed by atoms with van der Waals surface area (Å²) in [6, 6.07) is 11.7. The molecule has 0 bridgehead atoms. The van der Waals surface area contributed by atoms with Crippen molar-refractivity contribution in [3.05, 3.63) is 53.1 Å². The monoisotopic (exact) mass is 295 g/mol. The third kappa shape index (κ3) is 1.75. The second-order valence-electron chi connectivity index (χ2n) is 5.30. The average Bonchev–Trinajstić information content (AvgIpc) is 2.87. The standard InChI is InChI=1S/C17H14FN3O/c18-8-3-9-21-13-5-2-1-4-11(13)15-14(21)7-6-12-16(15)19-10-20-17(12)22/h1-2,4-7,10H,3,8-9H2,(H,19,20,22). The maximum atomic E-state index is 12.6. The summed E-state index contributed by atoms with van der Waals surface area (Å²) in [6.07, 6.45) is 1.90. The molecule has 0 saturated carbocycles. The van der Waals surface area contributed by atoms with Crippen LogP contribution < -0.4 is 5.56 Å². The number of halogens is 1. The van der Waals surface area contributed by atoms with Gasteiger partial charge in [0, 0.05) is 22.8 Å². The van der Waals surface area contributed by atoms with Crippen molar-refractivity contribution in [2.24, 2.45) is 0 Å². The molecule has 110 valence electrons. The lowest BCUT2D eigenvalue weighted by molar-refractivity contribution is 0.452. The number of nitrogens with one attached hydrogen (secondary N) is 1. The van der Waals surface area contributed by atoms with Crippen molar-refractivity contribution in [1.82, 2.24) is 14.5 Å². The number of H-pyrrole nitrogens is 1. The van der Waals surface area contributed by atoms with Crippen LogP contribution in [-0.4, -0.2) is 21.2 Å². The number of nitrogens with zero attached hydrogens (tertiary/aromatic N) is 2. The summed E-state index contributed by atoms with van der Waals surface area (Å²) in [4.78, 5) is 19.0. The number of fused-ring (bicyclic) bond motifs is 5. The molecule has 0 atom stereocenters. The lowest BCUT2D eigenvalue weighted by atomic mass is 10.1. The van der Waals surface area contributed by atoms with Gasteiger partial charge < -0.3 is 9.55 Å². The van der Waals surface area contributed by atoms with Gasteiger partial charge >= 0.3 is 0 Å². The molecule has 2 aromatic heterocycles. The molecule has 2 heterocycles. The number of rotatable bonds is 3. The molecule has 0 unspecified atom stereocenters. The largest absolute Gasteiger partial charge is 0.340 e. The van der Waals surface area contributed by atoms with Crippen LogP contribution in [0, 0.1) is 0 Å². The molecule has 2 aromatic carbocycles. The summed E-state index contributed by atoms with van der Waals surface area (Å²) in [5.41, 5.74) is 2.57. The van der Waals surface area contributed by atoms with Crippen LogP contribution in [0.5, 0.6) is 0 Å². The average molecular weight is 295 g/mol. The van der Waals surface area contributed by atoms with Gasteiger partial charge in [-0.15, -0.1) is 0 Å². The lowest BCUT2D eigenvalue weighted by Gasteiger charge is -2.05. The first-order chi connectivity index (χ1) is 10.8. The van der Waals surface area contributed by atoms with Gasteiger partial charge in [0.25, 0.3) is 5.56 Å². The Kier molecular flexibility index (Phi) is 2.92. The van der Waals surface area contributed by atoms with E-state index in [0.717, 1.165) is 21.8 Å². The summed E-state index contributed by atoms with van der Waals surface area (Å²) in [6.45, 7) is 0.259. The molecule has 0 amide bonds. The van der Waals surface area contributed by atoms with Gasteiger partial charge in [-0.05, 0) is 24.6 Å². The molecule has 0 fully saturated rings. The minimum Gasteiger partial charge on any atom is -0.340 e. The highest BCUT2D eigenvalue weighted by Gasteiger charge is 2.14. The van der Waals surface area contributed by atoms with Gasteiger partial charge in [0.05, 0.1) is 29.4 Å². The Morgan fingerprint density at radius 2 is 1.95 bits per heavy atom. The van der Waals surface area contributed by atoms with E-state index in [-0.39, 0.29) is 12.2 Å². The van der Waals surface area contributed by atoms with Crippen molar-refractivity contribution in [3.63, 3.8) is 0 Å². The molecule has 0 aliphatic heterocycles. The second kappa shape index (κ2) is 4.94. The summed E-state index contributed by atoms with van der Waals surface area (Å²) in [7, 11) is 0. The molecule has 0 aliphatic rings. The molecule has 0 radical (unpaired) electrons. The maximum Gasteiger partial charge on any atom is 0.258 e. The van der Waals surface area contributed by atoms with Gasteiger partial charge in [-0.25, -0.2) is 4.98 Å². The number of aromatic nitrogens is 3. The van der Waals surface area contributed by atoms with Crippen LogP contribution in [0.1, 0.15) is 6.42 Å². The van der Waals surface area contributed by atoms with Gasteiger partial charge in [0.15, 0.2) is 0 Å². The minimum atomic E-state index is -0.348. The predicted octanol–water partition coefficient (Wildman–Crippen LogP) is 3.39. The Morgan fingerprint density at radius 3 is 2.82 bits per heavy atom. The Labute approximate surface area is 125 Å².